The molecule has 18 heteroatoms. The van der Waals surface area contributed by atoms with Gasteiger partial charge in [0.1, 0.15) is 40.3 Å². The number of nitrogens with zero attached hydrogens (tertiary/aromatic N) is 8. The van der Waals surface area contributed by atoms with Crippen LogP contribution in [-0.2, 0) is 22.6 Å². The number of carbonyl (C=O) groups is 3. The number of fused-ring (bicyclic) bond motifs is 5. The van der Waals surface area contributed by atoms with Crippen LogP contribution in [0.25, 0.3) is 32.9 Å². The summed E-state index contributed by atoms with van der Waals surface area (Å²) in [6, 6.07) is 11.9. The number of likely N-dealkylation sites (tertiary alicyclic amines) is 1. The third-order valence-electron chi connectivity index (χ3n) is 18.0. The molecule has 3 aromatic carbocycles. The van der Waals surface area contributed by atoms with Gasteiger partial charge in [0, 0.05) is 106 Å². The molecule has 5 aromatic rings. The van der Waals surface area contributed by atoms with Gasteiger partial charge in [-0.25, -0.2) is 13.2 Å². The summed E-state index contributed by atoms with van der Waals surface area (Å²) in [5.41, 5.74) is 2.01. The van der Waals surface area contributed by atoms with E-state index in [1.807, 2.05) is 25.1 Å². The van der Waals surface area contributed by atoms with Crippen molar-refractivity contribution >= 4 is 50.9 Å². The molecule has 3 atom stereocenters. The number of hydrogen-bond donors (Lipinski definition) is 3. The number of rotatable bonds is 12. The molecule has 8 heterocycles. The number of anilines is 2. The zero-order valence-corrected chi connectivity index (χ0v) is 41.9. The highest BCUT2D eigenvalue weighted by Crippen LogP contribution is 2.58. The predicted octanol–water partition coefficient (Wildman–Crippen LogP) is 6.66. The minimum absolute atomic E-state index is 0.0250. The van der Waals surface area contributed by atoms with Crippen molar-refractivity contribution in [1.82, 2.24) is 40.3 Å². The number of piperazine rings is 2. The average molecular weight is 1010 g/mol. The number of aromatic nitrogens is 3. The summed E-state index contributed by atoms with van der Waals surface area (Å²) in [5.74, 6) is -1.47. The normalized spacial score (nSPS) is 25.2. The number of aromatic hydroxyl groups is 1. The zero-order chi connectivity index (χ0) is 50.7. The number of nitrogens with one attached hydrogen (secondary N) is 2. The van der Waals surface area contributed by atoms with E-state index in [0.717, 1.165) is 95.6 Å². The van der Waals surface area contributed by atoms with Gasteiger partial charge in [-0.05, 0) is 141 Å². The number of alkyl halides is 1. The number of pyridine rings is 1. The van der Waals surface area contributed by atoms with Crippen molar-refractivity contribution in [2.45, 2.75) is 108 Å². The highest BCUT2D eigenvalue weighted by atomic mass is 19.1. The first-order valence-electron chi connectivity index (χ1n) is 26.8. The maximum Gasteiger partial charge on any atom is 0.319 e. The Morgan fingerprint density at radius 1 is 0.838 bits per heavy atom. The van der Waals surface area contributed by atoms with Crippen LogP contribution in [-0.4, -0.2) is 148 Å². The van der Waals surface area contributed by atoms with Gasteiger partial charge in [-0.15, -0.1) is 0 Å². The van der Waals surface area contributed by atoms with Gasteiger partial charge < -0.3 is 34.8 Å². The topological polar surface area (TPSA) is 160 Å². The Morgan fingerprint density at radius 3 is 2.32 bits per heavy atom. The van der Waals surface area contributed by atoms with E-state index in [2.05, 4.69) is 35.2 Å². The quantitative estimate of drug-likeness (QED) is 0.114. The zero-order valence-electron chi connectivity index (χ0n) is 41.9. The third kappa shape index (κ3) is 8.57. The lowest BCUT2D eigenvalue weighted by Gasteiger charge is -2.57. The maximum atomic E-state index is 17.2. The summed E-state index contributed by atoms with van der Waals surface area (Å²) in [4.78, 5) is 62.6. The molecule has 2 aromatic heterocycles. The highest BCUT2D eigenvalue weighted by Gasteiger charge is 2.57. The van der Waals surface area contributed by atoms with Gasteiger partial charge in [-0.1, -0.05) is 13.0 Å². The molecule has 74 heavy (non-hydrogen) atoms. The number of benzene rings is 3. The van der Waals surface area contributed by atoms with E-state index in [0.29, 0.717) is 109 Å². The second-order valence-electron chi connectivity index (χ2n) is 23.1. The molecule has 3 N–H and O–H groups in total. The maximum absolute atomic E-state index is 17.2. The molecular formula is C56H63F3N10O5. The van der Waals surface area contributed by atoms with Crippen LogP contribution < -0.4 is 25.2 Å². The van der Waals surface area contributed by atoms with Crippen molar-refractivity contribution in [2.24, 2.45) is 10.8 Å². The number of aryl methyl sites for hydroxylation is 1. The fourth-order valence-electron chi connectivity index (χ4n) is 14.0. The van der Waals surface area contributed by atoms with Crippen molar-refractivity contribution in [3.63, 3.8) is 0 Å². The summed E-state index contributed by atoms with van der Waals surface area (Å²) in [6.45, 7) is 10.1. The van der Waals surface area contributed by atoms with Gasteiger partial charge in [0.25, 0.3) is 5.91 Å². The van der Waals surface area contributed by atoms with Gasteiger partial charge in [0.15, 0.2) is 5.82 Å². The van der Waals surface area contributed by atoms with E-state index in [1.165, 1.54) is 12.1 Å². The number of phenolic OH excluding ortho intramolecular Hbond substituents is 1. The summed E-state index contributed by atoms with van der Waals surface area (Å²) in [7, 11) is 0. The van der Waals surface area contributed by atoms with Gasteiger partial charge in [0.05, 0.1) is 12.0 Å². The minimum Gasteiger partial charge on any atom is -0.508 e. The van der Waals surface area contributed by atoms with Crippen LogP contribution in [0, 0.1) is 22.5 Å². The van der Waals surface area contributed by atoms with Crippen LogP contribution >= 0.6 is 0 Å². The van der Waals surface area contributed by atoms with Crippen molar-refractivity contribution < 1.29 is 37.4 Å². The summed E-state index contributed by atoms with van der Waals surface area (Å²) in [5, 5.41) is 18.4. The Hall–Kier alpha value is -6.11. The molecule has 13 rings (SSSR count). The van der Waals surface area contributed by atoms with E-state index in [9.17, 15) is 19.5 Å². The first kappa shape index (κ1) is 47.6. The predicted molar refractivity (Wildman–Crippen MR) is 273 cm³/mol. The average Bonchev–Trinajstić information content (AvgIpc) is 3.96. The molecule has 7 fully saturated rings. The first-order valence-corrected chi connectivity index (χ1v) is 26.8. The molecule has 5 saturated heterocycles. The molecule has 15 nitrogen and oxygen atoms in total. The van der Waals surface area contributed by atoms with E-state index < -0.39 is 29.3 Å². The molecule has 388 valence electrons. The number of ether oxygens (including phenoxy) is 1. The molecule has 2 saturated carbocycles. The van der Waals surface area contributed by atoms with Crippen LogP contribution in [0.3, 0.4) is 0 Å². The standard InChI is InChI=1S/C56H63F3N10O5/c1-2-39-43(57)8-3-33-22-38(70)23-41(46(33)39)48-47(58)49-42(24-60-48)50(68-26-35-4-5-36(27-68)61-35)64-53(63-49)74-32-55(11-12-55)30-65-15-13-54(14-16-65)28-56(59,29-54)31-66-17-19-67(20-18-66)37-6-7-40-34(21-37)25-69(52(40)73)44-9-10-45(71)62-51(44)72/h3,6-8,21-24,35-36,44,61,70H,2,4-5,9-20,25-32H2,1H3,(H,62,71,72)/t35?,36?,44-/m0/s1. The number of hydrogen-bond acceptors (Lipinski definition) is 13. The number of halogens is 3. The molecule has 8 aliphatic rings. The van der Waals surface area contributed by atoms with E-state index >= 15 is 13.2 Å². The Labute approximate surface area is 427 Å². The lowest BCUT2D eigenvalue weighted by atomic mass is 9.55. The molecule has 6 aliphatic heterocycles. The SMILES string of the molecule is CCc1c(F)ccc2cc(O)cc(-c3ncc4c(N5CC6CCC(C5)N6)nc(OCC5(CN6CCC7(CC6)CC(F)(CN6CCN(c8ccc9c(c8)CN([C@H]8CCC(=O)NC8=O)C9=O)CC6)C7)CC5)nc4c3F)c12. The lowest BCUT2D eigenvalue weighted by Crippen LogP contribution is -2.60. The molecule has 3 amide bonds. The van der Waals surface area contributed by atoms with Gasteiger partial charge in [-0.2, -0.15) is 9.97 Å². The highest BCUT2D eigenvalue weighted by molar-refractivity contribution is 6.06. The summed E-state index contributed by atoms with van der Waals surface area (Å²) < 4.78 is 55.4. The third-order valence-corrected chi connectivity index (χ3v) is 18.0. The monoisotopic (exact) mass is 1010 g/mol. The number of phenols is 1. The minimum atomic E-state index is -1.20. The van der Waals surface area contributed by atoms with Crippen LogP contribution in [0.4, 0.5) is 24.7 Å². The van der Waals surface area contributed by atoms with Crippen LogP contribution in [0.15, 0.2) is 48.7 Å². The van der Waals surface area contributed by atoms with E-state index in [4.69, 9.17) is 14.7 Å². The molecule has 1 spiro atoms. The largest absolute Gasteiger partial charge is 0.508 e. The van der Waals surface area contributed by atoms with Crippen LogP contribution in [0.2, 0.25) is 0 Å². The number of piperidine rings is 2. The summed E-state index contributed by atoms with van der Waals surface area (Å²) in [6.07, 6.45) is 9.74. The second-order valence-corrected chi connectivity index (χ2v) is 23.1. The fourth-order valence-corrected chi connectivity index (χ4v) is 14.0. The summed E-state index contributed by atoms with van der Waals surface area (Å²) >= 11 is 0. The molecule has 2 aliphatic carbocycles. The Bertz CT molecular complexity index is 3100. The number of imide groups is 1. The van der Waals surface area contributed by atoms with Crippen molar-refractivity contribution in [3.8, 4) is 23.0 Å². The van der Waals surface area contributed by atoms with Crippen LogP contribution in [0.1, 0.15) is 92.6 Å². The van der Waals surface area contributed by atoms with E-state index in [-0.39, 0.29) is 52.0 Å². The second kappa shape index (κ2) is 18.0. The van der Waals surface area contributed by atoms with Gasteiger partial charge >= 0.3 is 6.01 Å². The van der Waals surface area contributed by atoms with Crippen molar-refractivity contribution in [1.29, 1.82) is 0 Å². The lowest BCUT2D eigenvalue weighted by molar-refractivity contribution is -0.136. The van der Waals surface area contributed by atoms with Gasteiger partial charge in [-0.3, -0.25) is 29.6 Å². The smallest absolute Gasteiger partial charge is 0.319 e. The van der Waals surface area contributed by atoms with Crippen molar-refractivity contribution in [3.05, 3.63) is 77.0 Å². The molecular weight excluding hydrogens is 950 g/mol. The number of amides is 3. The van der Waals surface area contributed by atoms with Crippen molar-refractivity contribution in [2.75, 3.05) is 81.9 Å². The molecule has 0 radical (unpaired) electrons. The first-order chi connectivity index (χ1) is 35.7. The Kier molecular flexibility index (Phi) is 11.6. The Balaban J connectivity index is 0.634. The van der Waals surface area contributed by atoms with Gasteiger partial charge in [0.2, 0.25) is 11.8 Å². The Morgan fingerprint density at radius 2 is 1.59 bits per heavy atom. The van der Waals surface area contributed by atoms with Crippen LogP contribution in [0.5, 0.6) is 11.8 Å². The fraction of sp³-hybridized carbons (Fsp3) is 0.536. The molecule has 2 unspecified atom stereocenters. The molecule has 2 bridgehead atoms. The van der Waals surface area contributed by atoms with E-state index in [1.54, 1.807) is 23.2 Å². The number of carbonyl (C=O) groups excluding carboxylic acids is 3.